The van der Waals surface area contributed by atoms with Gasteiger partial charge < -0.3 is 9.47 Å². The Morgan fingerprint density at radius 2 is 1.85 bits per heavy atom. The van der Waals surface area contributed by atoms with E-state index in [0.717, 1.165) is 53.3 Å². The molecule has 2 aliphatic rings. The van der Waals surface area contributed by atoms with Gasteiger partial charge in [0.2, 0.25) is 0 Å². The molecule has 0 bridgehead atoms. The summed E-state index contributed by atoms with van der Waals surface area (Å²) in [6, 6.07) is 25.3. The minimum absolute atomic E-state index is 0.0404. The van der Waals surface area contributed by atoms with E-state index in [1.54, 1.807) is 4.90 Å². The van der Waals surface area contributed by atoms with Crippen LogP contribution in [0.3, 0.4) is 0 Å². The van der Waals surface area contributed by atoms with Crippen molar-refractivity contribution in [3.63, 3.8) is 0 Å². The van der Waals surface area contributed by atoms with Crippen molar-refractivity contribution in [3.8, 4) is 22.7 Å². The Morgan fingerprint density at radius 3 is 2.58 bits per heavy atom. The highest BCUT2D eigenvalue weighted by Crippen LogP contribution is 2.36. The molecular formula is C31H26ClN3O3S2. The zero-order chi connectivity index (χ0) is 27.5. The molecule has 0 radical (unpaired) electrons. The average molecular weight is 588 g/mol. The van der Waals surface area contributed by atoms with Gasteiger partial charge in [-0.2, -0.15) is 5.10 Å². The van der Waals surface area contributed by atoms with Crippen LogP contribution in [0.2, 0.25) is 5.02 Å². The van der Waals surface area contributed by atoms with E-state index >= 15 is 0 Å². The van der Waals surface area contributed by atoms with Gasteiger partial charge in [-0.15, -0.1) is 0 Å². The number of aromatic nitrogens is 2. The minimum atomic E-state index is -0.0881. The molecule has 9 heteroatoms. The lowest BCUT2D eigenvalue weighted by molar-refractivity contribution is -0.123. The van der Waals surface area contributed by atoms with Crippen molar-refractivity contribution >= 4 is 51.9 Å². The quantitative estimate of drug-likeness (QED) is 0.161. The van der Waals surface area contributed by atoms with Crippen LogP contribution in [0.25, 0.3) is 23.0 Å². The highest BCUT2D eigenvalue weighted by atomic mass is 35.5. The van der Waals surface area contributed by atoms with Crippen LogP contribution in [-0.2, 0) is 16.1 Å². The van der Waals surface area contributed by atoms with Gasteiger partial charge in [-0.05, 0) is 73.0 Å². The molecule has 202 valence electrons. The van der Waals surface area contributed by atoms with Crippen molar-refractivity contribution in [2.24, 2.45) is 0 Å². The summed E-state index contributed by atoms with van der Waals surface area (Å²) in [6.45, 7) is 1.68. The van der Waals surface area contributed by atoms with Crippen LogP contribution < -0.4 is 4.74 Å². The molecule has 3 aromatic carbocycles. The molecule has 2 aliphatic heterocycles. The van der Waals surface area contributed by atoms with E-state index in [2.05, 4.69) is 0 Å². The number of benzene rings is 3. The standard InChI is InChI=1S/C31H26ClN3O3S2/c32-24-12-8-21(9-13-24)20-38-26-14-10-22(11-15-26)29-23(18-35(33-29)25-5-2-1-3-6-25)17-28-30(36)34(31(39)40-28)19-27-7-4-16-37-27/h1-3,5-6,8-15,17-18,27H,4,7,16,19-20H2/b28-17-/t27-/m0/s1. The van der Waals surface area contributed by atoms with E-state index in [0.29, 0.717) is 27.4 Å². The molecule has 0 aliphatic carbocycles. The fraction of sp³-hybridized carbons (Fsp3) is 0.194. The normalized spacial score (nSPS) is 18.2. The summed E-state index contributed by atoms with van der Waals surface area (Å²) in [7, 11) is 0. The maximum absolute atomic E-state index is 13.3. The van der Waals surface area contributed by atoms with Gasteiger partial charge in [-0.25, -0.2) is 4.68 Å². The lowest BCUT2D eigenvalue weighted by Gasteiger charge is -2.18. The number of amides is 1. The van der Waals surface area contributed by atoms with Gasteiger partial charge in [0.15, 0.2) is 0 Å². The fourth-order valence-corrected chi connectivity index (χ4v) is 6.07. The SMILES string of the molecule is O=C1/C(=C/c2cn(-c3ccccc3)nc2-c2ccc(OCc3ccc(Cl)cc3)cc2)SC(=S)N1C[C@@H]1CCCO1. The van der Waals surface area contributed by atoms with Crippen LogP contribution in [-0.4, -0.2) is 44.2 Å². The number of ether oxygens (including phenoxy) is 2. The van der Waals surface area contributed by atoms with Gasteiger partial charge in [0, 0.05) is 29.0 Å². The molecule has 0 N–H and O–H groups in total. The van der Waals surface area contributed by atoms with Gasteiger partial charge >= 0.3 is 0 Å². The third kappa shape index (κ3) is 6.00. The summed E-state index contributed by atoms with van der Waals surface area (Å²) < 4.78 is 14.1. The summed E-state index contributed by atoms with van der Waals surface area (Å²) >= 11 is 12.9. The summed E-state index contributed by atoms with van der Waals surface area (Å²) in [5.74, 6) is 0.660. The molecule has 1 atom stereocenters. The Kier molecular flexibility index (Phi) is 8.02. The third-order valence-corrected chi connectivity index (χ3v) is 8.41. The second kappa shape index (κ2) is 12.0. The molecule has 3 heterocycles. The number of halogens is 1. The Balaban J connectivity index is 1.27. The zero-order valence-electron chi connectivity index (χ0n) is 21.5. The molecule has 1 amide bonds. The second-order valence-corrected chi connectivity index (χ2v) is 11.7. The second-order valence-electron chi connectivity index (χ2n) is 9.58. The number of carbonyl (C=O) groups is 1. The van der Waals surface area contributed by atoms with Crippen LogP contribution in [0.4, 0.5) is 0 Å². The number of para-hydroxylation sites is 1. The first kappa shape index (κ1) is 26.8. The average Bonchev–Trinajstić information content (AvgIpc) is 3.71. The van der Waals surface area contributed by atoms with Crippen molar-refractivity contribution in [1.82, 2.24) is 14.7 Å². The highest BCUT2D eigenvalue weighted by Gasteiger charge is 2.35. The van der Waals surface area contributed by atoms with Crippen LogP contribution in [0, 0.1) is 0 Å². The molecule has 1 aromatic heterocycles. The molecule has 6 rings (SSSR count). The lowest BCUT2D eigenvalue weighted by Crippen LogP contribution is -2.35. The van der Waals surface area contributed by atoms with E-state index in [1.165, 1.54) is 11.8 Å². The van der Waals surface area contributed by atoms with Crippen molar-refractivity contribution in [2.75, 3.05) is 13.2 Å². The molecular weight excluding hydrogens is 562 g/mol. The molecule has 0 saturated carbocycles. The minimum Gasteiger partial charge on any atom is -0.489 e. The molecule has 6 nitrogen and oxygen atoms in total. The Bertz CT molecular complexity index is 1550. The van der Waals surface area contributed by atoms with E-state index in [9.17, 15) is 4.79 Å². The van der Waals surface area contributed by atoms with Crippen molar-refractivity contribution < 1.29 is 14.3 Å². The van der Waals surface area contributed by atoms with Crippen molar-refractivity contribution in [2.45, 2.75) is 25.6 Å². The number of thioether (sulfide) groups is 1. The van der Waals surface area contributed by atoms with Gasteiger partial charge in [0.25, 0.3) is 5.91 Å². The van der Waals surface area contributed by atoms with Crippen LogP contribution in [0.5, 0.6) is 5.75 Å². The monoisotopic (exact) mass is 587 g/mol. The lowest BCUT2D eigenvalue weighted by atomic mass is 10.1. The number of carbonyl (C=O) groups excluding carboxylic acids is 1. The first-order valence-electron chi connectivity index (χ1n) is 13.0. The maximum atomic E-state index is 13.3. The number of nitrogens with zero attached hydrogens (tertiary/aromatic N) is 3. The summed E-state index contributed by atoms with van der Waals surface area (Å²) in [4.78, 5) is 15.6. The Labute approximate surface area is 247 Å². The van der Waals surface area contributed by atoms with E-state index in [-0.39, 0.29) is 12.0 Å². The smallest absolute Gasteiger partial charge is 0.266 e. The number of thiocarbonyl (C=S) groups is 1. The molecule has 0 unspecified atom stereocenters. The molecule has 4 aromatic rings. The topological polar surface area (TPSA) is 56.6 Å². The highest BCUT2D eigenvalue weighted by molar-refractivity contribution is 8.26. The maximum Gasteiger partial charge on any atom is 0.266 e. The van der Waals surface area contributed by atoms with E-state index in [1.807, 2.05) is 95.8 Å². The largest absolute Gasteiger partial charge is 0.489 e. The predicted octanol–water partition coefficient (Wildman–Crippen LogP) is 7.15. The van der Waals surface area contributed by atoms with Crippen LogP contribution in [0.1, 0.15) is 24.0 Å². The van der Waals surface area contributed by atoms with Crippen LogP contribution in [0.15, 0.2) is 90.0 Å². The first-order valence-corrected chi connectivity index (χ1v) is 14.6. The van der Waals surface area contributed by atoms with Gasteiger partial charge in [0.1, 0.15) is 16.7 Å². The third-order valence-electron chi connectivity index (χ3n) is 6.78. The summed E-state index contributed by atoms with van der Waals surface area (Å²) in [5, 5.41) is 5.60. The van der Waals surface area contributed by atoms with Crippen molar-refractivity contribution in [1.29, 1.82) is 0 Å². The van der Waals surface area contributed by atoms with Crippen molar-refractivity contribution in [3.05, 3.63) is 106 Å². The Hall–Kier alpha value is -3.43. The van der Waals surface area contributed by atoms with Crippen LogP contribution >= 0.6 is 35.6 Å². The summed E-state index contributed by atoms with van der Waals surface area (Å²) in [5.41, 5.74) is 4.47. The molecule has 0 spiro atoms. The molecule has 2 fully saturated rings. The molecule has 40 heavy (non-hydrogen) atoms. The molecule has 2 saturated heterocycles. The number of hydrogen-bond donors (Lipinski definition) is 0. The van der Waals surface area contributed by atoms with Gasteiger partial charge in [0.05, 0.1) is 28.9 Å². The summed E-state index contributed by atoms with van der Waals surface area (Å²) in [6.07, 6.45) is 5.84. The fourth-order valence-electron chi connectivity index (χ4n) is 4.68. The van der Waals surface area contributed by atoms with E-state index in [4.69, 9.17) is 38.4 Å². The van der Waals surface area contributed by atoms with Gasteiger partial charge in [-0.1, -0.05) is 65.9 Å². The van der Waals surface area contributed by atoms with Gasteiger partial charge in [-0.3, -0.25) is 9.69 Å². The Morgan fingerprint density at radius 1 is 1.07 bits per heavy atom. The first-order chi connectivity index (χ1) is 19.5. The van der Waals surface area contributed by atoms with E-state index < -0.39 is 0 Å². The number of hydrogen-bond acceptors (Lipinski definition) is 6. The predicted molar refractivity (Wildman–Crippen MR) is 164 cm³/mol. The number of rotatable bonds is 8. The zero-order valence-corrected chi connectivity index (χ0v) is 23.9.